The molecule has 2 rings (SSSR count). The van der Waals surface area contributed by atoms with Gasteiger partial charge in [-0.3, -0.25) is 9.59 Å². The lowest BCUT2D eigenvalue weighted by atomic mass is 10.0. The third-order valence-corrected chi connectivity index (χ3v) is 4.16. The summed E-state index contributed by atoms with van der Waals surface area (Å²) >= 11 is 2.12. The van der Waals surface area contributed by atoms with Gasteiger partial charge in [-0.2, -0.15) is 0 Å². The normalized spacial score (nSPS) is 11.7. The van der Waals surface area contributed by atoms with Gasteiger partial charge in [-0.15, -0.1) is 0 Å². The van der Waals surface area contributed by atoms with E-state index in [4.69, 9.17) is 4.74 Å². The molecular weight excluding hydrogens is 443 g/mol. The molecule has 1 amide bonds. The fourth-order valence-corrected chi connectivity index (χ4v) is 2.64. The van der Waals surface area contributed by atoms with Crippen LogP contribution in [0.4, 0.5) is 8.78 Å². The largest absolute Gasteiger partial charge is 0.466 e. The number of carbonyl (C=O) groups excluding carboxylic acids is 2. The van der Waals surface area contributed by atoms with Gasteiger partial charge in [0, 0.05) is 3.57 Å². The Bertz CT molecular complexity index is 745. The zero-order valence-electron chi connectivity index (χ0n) is 13.4. The van der Waals surface area contributed by atoms with Crippen molar-refractivity contribution in [2.75, 3.05) is 6.61 Å². The minimum absolute atomic E-state index is 0.143. The fourth-order valence-electron chi connectivity index (χ4n) is 2.28. The van der Waals surface area contributed by atoms with Crippen LogP contribution in [0.15, 0.2) is 42.5 Å². The first-order valence-corrected chi connectivity index (χ1v) is 8.66. The van der Waals surface area contributed by atoms with Gasteiger partial charge >= 0.3 is 5.97 Å². The summed E-state index contributed by atoms with van der Waals surface area (Å²) in [5.74, 6) is -3.37. The van der Waals surface area contributed by atoms with Crippen molar-refractivity contribution in [3.05, 3.63) is 68.8 Å². The summed E-state index contributed by atoms with van der Waals surface area (Å²) in [5.41, 5.74) is -0.0413. The number of benzene rings is 2. The van der Waals surface area contributed by atoms with Crippen LogP contribution >= 0.6 is 22.6 Å². The maximum absolute atomic E-state index is 13.8. The van der Waals surface area contributed by atoms with Gasteiger partial charge in [-0.05, 0) is 59.3 Å². The van der Waals surface area contributed by atoms with Crippen LogP contribution in [0.3, 0.4) is 0 Å². The van der Waals surface area contributed by atoms with Crippen molar-refractivity contribution < 1.29 is 23.1 Å². The Hall–Kier alpha value is -2.03. The van der Waals surface area contributed by atoms with Gasteiger partial charge in [0.25, 0.3) is 5.91 Å². The number of hydrogen-bond acceptors (Lipinski definition) is 3. The van der Waals surface area contributed by atoms with Gasteiger partial charge < -0.3 is 10.1 Å². The maximum Gasteiger partial charge on any atom is 0.308 e. The SMILES string of the molecule is CCOC(=O)CC(NC(=O)c1c(F)cccc1F)c1ccc(I)cc1. The number of nitrogens with one attached hydrogen (secondary N) is 1. The molecular formula is C18H16F2INO3. The number of amides is 1. The van der Waals surface area contributed by atoms with Crippen LogP contribution in [0.1, 0.15) is 35.3 Å². The van der Waals surface area contributed by atoms with E-state index in [2.05, 4.69) is 27.9 Å². The minimum Gasteiger partial charge on any atom is -0.466 e. The molecule has 1 unspecified atom stereocenters. The molecule has 132 valence electrons. The molecule has 7 heteroatoms. The van der Waals surface area contributed by atoms with Gasteiger partial charge in [0.05, 0.1) is 19.1 Å². The first kappa shape index (κ1) is 19.3. The van der Waals surface area contributed by atoms with E-state index in [1.54, 1.807) is 19.1 Å². The van der Waals surface area contributed by atoms with Gasteiger partial charge in [0.15, 0.2) is 0 Å². The molecule has 1 N–H and O–H groups in total. The number of hydrogen-bond donors (Lipinski definition) is 1. The number of halogens is 3. The Morgan fingerprint density at radius 1 is 1.12 bits per heavy atom. The van der Waals surface area contributed by atoms with Crippen LogP contribution in [0.25, 0.3) is 0 Å². The number of ether oxygens (including phenoxy) is 1. The van der Waals surface area contributed by atoms with E-state index in [0.29, 0.717) is 5.56 Å². The molecule has 4 nitrogen and oxygen atoms in total. The molecule has 0 saturated carbocycles. The molecule has 2 aromatic rings. The second kappa shape index (κ2) is 8.89. The molecule has 0 fully saturated rings. The Kier molecular flexibility index (Phi) is 6.86. The van der Waals surface area contributed by atoms with Crippen molar-refractivity contribution in [3.8, 4) is 0 Å². The van der Waals surface area contributed by atoms with E-state index in [0.717, 1.165) is 15.7 Å². The van der Waals surface area contributed by atoms with Crippen LogP contribution in [0.2, 0.25) is 0 Å². The summed E-state index contributed by atoms with van der Waals surface area (Å²) in [6.45, 7) is 1.87. The van der Waals surface area contributed by atoms with Crippen LogP contribution in [0, 0.1) is 15.2 Å². The van der Waals surface area contributed by atoms with Gasteiger partial charge in [0.2, 0.25) is 0 Å². The first-order valence-electron chi connectivity index (χ1n) is 7.58. The Balaban J connectivity index is 2.27. The number of esters is 1. The summed E-state index contributed by atoms with van der Waals surface area (Å²) in [4.78, 5) is 24.2. The molecule has 0 aliphatic heterocycles. The smallest absolute Gasteiger partial charge is 0.308 e. The van der Waals surface area contributed by atoms with Crippen molar-refractivity contribution in [3.63, 3.8) is 0 Å². The van der Waals surface area contributed by atoms with Crippen LogP contribution in [-0.4, -0.2) is 18.5 Å². The van der Waals surface area contributed by atoms with E-state index in [1.807, 2.05) is 12.1 Å². The zero-order chi connectivity index (χ0) is 18.4. The lowest BCUT2D eigenvalue weighted by Gasteiger charge is -2.19. The highest BCUT2D eigenvalue weighted by molar-refractivity contribution is 14.1. The molecule has 0 aliphatic rings. The van der Waals surface area contributed by atoms with Crippen LogP contribution in [0.5, 0.6) is 0 Å². The quantitative estimate of drug-likeness (QED) is 0.525. The predicted molar refractivity (Wildman–Crippen MR) is 97.0 cm³/mol. The van der Waals surface area contributed by atoms with E-state index >= 15 is 0 Å². The van der Waals surface area contributed by atoms with Crippen molar-refractivity contribution in [1.29, 1.82) is 0 Å². The topological polar surface area (TPSA) is 55.4 Å². The summed E-state index contributed by atoms with van der Waals surface area (Å²) in [5, 5.41) is 2.52. The van der Waals surface area contributed by atoms with Crippen molar-refractivity contribution in [2.45, 2.75) is 19.4 Å². The van der Waals surface area contributed by atoms with Crippen molar-refractivity contribution >= 4 is 34.5 Å². The average Bonchev–Trinajstić information content (AvgIpc) is 2.55. The Morgan fingerprint density at radius 2 is 1.72 bits per heavy atom. The van der Waals surface area contributed by atoms with E-state index in [9.17, 15) is 18.4 Å². The van der Waals surface area contributed by atoms with Crippen LogP contribution in [-0.2, 0) is 9.53 Å². The third-order valence-electron chi connectivity index (χ3n) is 3.44. The Labute approximate surface area is 157 Å². The highest BCUT2D eigenvalue weighted by Gasteiger charge is 2.23. The number of carbonyl (C=O) groups is 2. The van der Waals surface area contributed by atoms with Gasteiger partial charge in [0.1, 0.15) is 17.2 Å². The summed E-state index contributed by atoms with van der Waals surface area (Å²) < 4.78 is 33.5. The van der Waals surface area contributed by atoms with Gasteiger partial charge in [-0.25, -0.2) is 8.78 Å². The minimum atomic E-state index is -0.963. The van der Waals surface area contributed by atoms with Crippen LogP contribution < -0.4 is 5.32 Å². The average molecular weight is 459 g/mol. The fraction of sp³-hybridized carbons (Fsp3) is 0.222. The summed E-state index contributed by atoms with van der Waals surface area (Å²) in [6, 6.07) is 9.52. The maximum atomic E-state index is 13.8. The molecule has 0 saturated heterocycles. The van der Waals surface area contributed by atoms with Crippen molar-refractivity contribution in [1.82, 2.24) is 5.32 Å². The molecule has 25 heavy (non-hydrogen) atoms. The molecule has 0 aromatic heterocycles. The first-order chi connectivity index (χ1) is 11.9. The zero-order valence-corrected chi connectivity index (χ0v) is 15.5. The Morgan fingerprint density at radius 3 is 2.28 bits per heavy atom. The van der Waals surface area contributed by atoms with E-state index < -0.39 is 35.1 Å². The molecule has 0 bridgehead atoms. The van der Waals surface area contributed by atoms with Crippen molar-refractivity contribution in [2.24, 2.45) is 0 Å². The lowest BCUT2D eigenvalue weighted by molar-refractivity contribution is -0.143. The lowest BCUT2D eigenvalue weighted by Crippen LogP contribution is -2.32. The predicted octanol–water partition coefficient (Wildman–Crippen LogP) is 3.99. The molecule has 0 heterocycles. The van der Waals surface area contributed by atoms with E-state index in [1.165, 1.54) is 6.07 Å². The summed E-state index contributed by atoms with van der Waals surface area (Å²) in [7, 11) is 0. The second-order valence-electron chi connectivity index (χ2n) is 5.18. The summed E-state index contributed by atoms with van der Waals surface area (Å²) in [6.07, 6.45) is -0.143. The third kappa shape index (κ3) is 5.22. The second-order valence-corrected chi connectivity index (χ2v) is 6.43. The molecule has 1 atom stereocenters. The van der Waals surface area contributed by atoms with Gasteiger partial charge in [-0.1, -0.05) is 18.2 Å². The standard InChI is InChI=1S/C18H16F2INO3/c1-2-25-16(23)10-15(11-6-8-12(21)9-7-11)22-18(24)17-13(19)4-3-5-14(17)20/h3-9,15H,2,10H2,1H3,(H,22,24). The molecule has 0 spiro atoms. The highest BCUT2D eigenvalue weighted by Crippen LogP contribution is 2.21. The molecule has 0 radical (unpaired) electrons. The van der Waals surface area contributed by atoms with E-state index in [-0.39, 0.29) is 13.0 Å². The molecule has 2 aromatic carbocycles. The monoisotopic (exact) mass is 459 g/mol. The highest BCUT2D eigenvalue weighted by atomic mass is 127. The molecule has 0 aliphatic carbocycles. The number of rotatable bonds is 6.